The molecular formula is C13H20FN3O. The van der Waals surface area contributed by atoms with Crippen LogP contribution in [0.25, 0.3) is 0 Å². The molecule has 0 saturated carbocycles. The van der Waals surface area contributed by atoms with Crippen molar-refractivity contribution in [3.05, 3.63) is 30.1 Å². The topological polar surface area (TPSA) is 58.4 Å². The Labute approximate surface area is 107 Å². The van der Waals surface area contributed by atoms with Crippen LogP contribution in [0.15, 0.2) is 24.3 Å². The van der Waals surface area contributed by atoms with Gasteiger partial charge in [-0.2, -0.15) is 0 Å². The highest BCUT2D eigenvalue weighted by Crippen LogP contribution is 2.19. The standard InChI is InChI=1S/C13H20FN3O/c1-13(16-2,12(15)18)8-9-17(3)11-7-5-4-6-10(11)14/h4-7,16H,8-9H2,1-3H3,(H2,15,18). The largest absolute Gasteiger partial charge is 0.372 e. The first-order valence-electron chi connectivity index (χ1n) is 5.85. The zero-order valence-corrected chi connectivity index (χ0v) is 11.0. The molecule has 1 aromatic rings. The number of hydrogen-bond acceptors (Lipinski definition) is 3. The molecule has 0 fully saturated rings. The van der Waals surface area contributed by atoms with Crippen molar-refractivity contribution in [1.82, 2.24) is 5.32 Å². The van der Waals surface area contributed by atoms with Crippen LogP contribution in [0.4, 0.5) is 10.1 Å². The number of carbonyl (C=O) groups is 1. The second-order valence-corrected chi connectivity index (χ2v) is 4.57. The molecule has 1 atom stereocenters. The van der Waals surface area contributed by atoms with E-state index in [2.05, 4.69) is 5.32 Å². The Balaban J connectivity index is 2.69. The van der Waals surface area contributed by atoms with Crippen LogP contribution in [0.2, 0.25) is 0 Å². The Kier molecular flexibility index (Phi) is 4.67. The number of nitrogens with zero attached hydrogens (tertiary/aromatic N) is 1. The van der Waals surface area contributed by atoms with Crippen LogP contribution >= 0.6 is 0 Å². The number of halogens is 1. The van der Waals surface area contributed by atoms with Crippen molar-refractivity contribution >= 4 is 11.6 Å². The molecule has 0 aromatic heterocycles. The van der Waals surface area contributed by atoms with Crippen molar-refractivity contribution in [3.63, 3.8) is 0 Å². The van der Waals surface area contributed by atoms with Crippen molar-refractivity contribution < 1.29 is 9.18 Å². The van der Waals surface area contributed by atoms with Crippen molar-refractivity contribution in [3.8, 4) is 0 Å². The van der Waals surface area contributed by atoms with Crippen LogP contribution in [0.5, 0.6) is 0 Å². The minimum absolute atomic E-state index is 0.273. The zero-order valence-electron chi connectivity index (χ0n) is 11.0. The molecule has 0 aliphatic rings. The lowest BCUT2D eigenvalue weighted by Gasteiger charge is -2.29. The number of nitrogens with two attached hydrogens (primary N) is 1. The number of primary amides is 1. The van der Waals surface area contributed by atoms with Crippen LogP contribution in [0.3, 0.4) is 0 Å². The van der Waals surface area contributed by atoms with Gasteiger partial charge in [-0.05, 0) is 32.5 Å². The number of benzene rings is 1. The van der Waals surface area contributed by atoms with Crippen LogP contribution in [-0.2, 0) is 4.79 Å². The van der Waals surface area contributed by atoms with E-state index in [1.165, 1.54) is 6.07 Å². The van der Waals surface area contributed by atoms with E-state index in [9.17, 15) is 9.18 Å². The minimum atomic E-state index is -0.778. The maximum atomic E-state index is 13.6. The van der Waals surface area contributed by atoms with E-state index >= 15 is 0 Å². The Hall–Kier alpha value is -1.62. The summed E-state index contributed by atoms with van der Waals surface area (Å²) in [5, 5.41) is 2.90. The monoisotopic (exact) mass is 253 g/mol. The number of anilines is 1. The molecule has 100 valence electrons. The molecule has 1 amide bonds. The van der Waals surface area contributed by atoms with E-state index in [1.807, 2.05) is 0 Å². The summed E-state index contributed by atoms with van der Waals surface area (Å²) >= 11 is 0. The van der Waals surface area contributed by atoms with E-state index in [1.54, 1.807) is 44.1 Å². The Morgan fingerprint density at radius 1 is 1.50 bits per heavy atom. The first-order valence-corrected chi connectivity index (χ1v) is 5.85. The fourth-order valence-corrected chi connectivity index (χ4v) is 1.64. The molecular weight excluding hydrogens is 233 g/mol. The molecule has 18 heavy (non-hydrogen) atoms. The molecule has 0 aliphatic carbocycles. The maximum absolute atomic E-state index is 13.6. The normalized spacial score (nSPS) is 14.0. The number of para-hydroxylation sites is 1. The maximum Gasteiger partial charge on any atom is 0.237 e. The van der Waals surface area contributed by atoms with Gasteiger partial charge < -0.3 is 16.0 Å². The zero-order chi connectivity index (χ0) is 13.8. The lowest BCUT2D eigenvalue weighted by Crippen LogP contribution is -2.53. The fourth-order valence-electron chi connectivity index (χ4n) is 1.64. The predicted molar refractivity (Wildman–Crippen MR) is 70.9 cm³/mol. The molecule has 0 radical (unpaired) electrons. The van der Waals surface area contributed by atoms with Gasteiger partial charge in [-0.15, -0.1) is 0 Å². The summed E-state index contributed by atoms with van der Waals surface area (Å²) in [5.41, 5.74) is 5.08. The van der Waals surface area contributed by atoms with Crippen molar-refractivity contribution in [2.75, 3.05) is 25.5 Å². The highest BCUT2D eigenvalue weighted by atomic mass is 19.1. The van der Waals surface area contributed by atoms with Crippen molar-refractivity contribution in [2.45, 2.75) is 18.9 Å². The molecule has 4 nitrogen and oxygen atoms in total. The lowest BCUT2D eigenvalue weighted by atomic mass is 9.97. The molecule has 5 heteroatoms. The minimum Gasteiger partial charge on any atom is -0.372 e. The van der Waals surface area contributed by atoms with Gasteiger partial charge in [0.1, 0.15) is 5.82 Å². The lowest BCUT2D eigenvalue weighted by molar-refractivity contribution is -0.123. The number of nitrogens with one attached hydrogen (secondary N) is 1. The van der Waals surface area contributed by atoms with Gasteiger partial charge in [0.05, 0.1) is 11.2 Å². The van der Waals surface area contributed by atoms with Crippen LogP contribution in [-0.4, -0.2) is 32.1 Å². The van der Waals surface area contributed by atoms with Crippen LogP contribution in [0, 0.1) is 5.82 Å². The fraction of sp³-hybridized carbons (Fsp3) is 0.462. The van der Waals surface area contributed by atoms with Crippen LogP contribution < -0.4 is 16.0 Å². The third-order valence-electron chi connectivity index (χ3n) is 3.31. The number of carbonyl (C=O) groups excluding carboxylic acids is 1. The molecule has 1 unspecified atom stereocenters. The molecule has 1 aromatic carbocycles. The average molecular weight is 253 g/mol. The second-order valence-electron chi connectivity index (χ2n) is 4.57. The Bertz CT molecular complexity index is 424. The highest BCUT2D eigenvalue weighted by molar-refractivity contribution is 5.84. The average Bonchev–Trinajstić information content (AvgIpc) is 2.35. The van der Waals surface area contributed by atoms with Gasteiger partial charge >= 0.3 is 0 Å². The van der Waals surface area contributed by atoms with Crippen LogP contribution in [0.1, 0.15) is 13.3 Å². The summed E-state index contributed by atoms with van der Waals surface area (Å²) in [4.78, 5) is 13.1. The molecule has 0 spiro atoms. The third kappa shape index (κ3) is 3.20. The van der Waals surface area contributed by atoms with Crippen molar-refractivity contribution in [2.24, 2.45) is 5.73 Å². The quantitative estimate of drug-likeness (QED) is 0.798. The highest BCUT2D eigenvalue weighted by Gasteiger charge is 2.29. The number of amides is 1. The Morgan fingerprint density at radius 2 is 2.11 bits per heavy atom. The van der Waals surface area contributed by atoms with Gasteiger partial charge in [0.2, 0.25) is 5.91 Å². The van der Waals surface area contributed by atoms with E-state index < -0.39 is 11.4 Å². The van der Waals surface area contributed by atoms with Gasteiger partial charge in [-0.3, -0.25) is 4.79 Å². The third-order valence-corrected chi connectivity index (χ3v) is 3.31. The van der Waals surface area contributed by atoms with Gasteiger partial charge in [-0.1, -0.05) is 12.1 Å². The summed E-state index contributed by atoms with van der Waals surface area (Å²) in [6.45, 7) is 2.27. The summed E-state index contributed by atoms with van der Waals surface area (Å²) in [6, 6.07) is 6.54. The van der Waals surface area contributed by atoms with E-state index in [-0.39, 0.29) is 5.82 Å². The Morgan fingerprint density at radius 3 is 2.61 bits per heavy atom. The summed E-state index contributed by atoms with van der Waals surface area (Å²) in [6.07, 6.45) is 0.504. The number of hydrogen-bond donors (Lipinski definition) is 2. The summed E-state index contributed by atoms with van der Waals surface area (Å²) in [5.74, 6) is -0.683. The summed E-state index contributed by atoms with van der Waals surface area (Å²) < 4.78 is 13.6. The smallest absolute Gasteiger partial charge is 0.237 e. The van der Waals surface area contributed by atoms with Crippen molar-refractivity contribution in [1.29, 1.82) is 0 Å². The molecule has 3 N–H and O–H groups in total. The van der Waals surface area contributed by atoms with Gasteiger partial charge in [-0.25, -0.2) is 4.39 Å². The van der Waals surface area contributed by atoms with Gasteiger partial charge in [0, 0.05) is 13.6 Å². The van der Waals surface area contributed by atoms with Gasteiger partial charge in [0.15, 0.2) is 0 Å². The first-order chi connectivity index (χ1) is 8.40. The SMILES string of the molecule is CNC(C)(CCN(C)c1ccccc1F)C(N)=O. The number of rotatable bonds is 6. The van der Waals surface area contributed by atoms with Gasteiger partial charge in [0.25, 0.3) is 0 Å². The first kappa shape index (κ1) is 14.4. The van der Waals surface area contributed by atoms with E-state index in [0.29, 0.717) is 18.7 Å². The molecule has 0 heterocycles. The molecule has 0 bridgehead atoms. The van der Waals surface area contributed by atoms with E-state index in [0.717, 1.165) is 0 Å². The predicted octanol–water partition coefficient (Wildman–Crippen LogP) is 1.12. The molecule has 0 aliphatic heterocycles. The molecule has 0 saturated heterocycles. The molecule has 1 rings (SSSR count). The second kappa shape index (κ2) is 5.82. The summed E-state index contributed by atoms with van der Waals surface area (Å²) in [7, 11) is 3.48. The number of likely N-dealkylation sites (N-methyl/N-ethyl adjacent to an activating group) is 1. The van der Waals surface area contributed by atoms with E-state index in [4.69, 9.17) is 5.73 Å².